The summed E-state index contributed by atoms with van der Waals surface area (Å²) >= 11 is 0. The van der Waals surface area contributed by atoms with Crippen molar-refractivity contribution in [1.82, 2.24) is 4.57 Å². The van der Waals surface area contributed by atoms with E-state index in [9.17, 15) is 4.79 Å². The molecule has 0 amide bonds. The zero-order chi connectivity index (χ0) is 18.1. The van der Waals surface area contributed by atoms with E-state index in [0.29, 0.717) is 12.5 Å². The lowest BCUT2D eigenvalue weighted by atomic mass is 9.70. The number of aromatic nitrogens is 1. The average Bonchev–Trinajstić information content (AvgIpc) is 2.65. The maximum Gasteiger partial charge on any atom is 0.202 e. The van der Waals surface area contributed by atoms with E-state index in [2.05, 4.69) is 19.9 Å². The van der Waals surface area contributed by atoms with Crippen LogP contribution in [0.3, 0.4) is 0 Å². The molecule has 0 radical (unpaired) electrons. The Morgan fingerprint density at radius 3 is 2.65 bits per heavy atom. The largest absolute Gasteiger partial charge is 0.493 e. The first kappa shape index (κ1) is 15.5. The molecule has 0 aliphatic carbocycles. The van der Waals surface area contributed by atoms with Crippen LogP contribution in [0.4, 0.5) is 0 Å². The number of para-hydroxylation sites is 2. The highest BCUT2D eigenvalue weighted by molar-refractivity contribution is 5.81. The Morgan fingerprint density at radius 2 is 1.81 bits per heavy atom. The van der Waals surface area contributed by atoms with Gasteiger partial charge in [0.05, 0.1) is 17.7 Å². The summed E-state index contributed by atoms with van der Waals surface area (Å²) in [6.45, 7) is 4.72. The Hall–Kier alpha value is -2.75. The van der Waals surface area contributed by atoms with Gasteiger partial charge in [-0.2, -0.15) is 0 Å². The maximum absolute atomic E-state index is 13.5. The summed E-state index contributed by atoms with van der Waals surface area (Å²) < 4.78 is 14.4. The van der Waals surface area contributed by atoms with Gasteiger partial charge in [0.2, 0.25) is 5.88 Å². The molecule has 0 saturated heterocycles. The molecule has 132 valence electrons. The number of aryl methyl sites for hydroxylation is 1. The average molecular weight is 347 g/mol. The van der Waals surface area contributed by atoms with Crippen LogP contribution in [-0.4, -0.2) is 16.8 Å². The predicted octanol–water partition coefficient (Wildman–Crippen LogP) is 3.85. The lowest BCUT2D eigenvalue weighted by Crippen LogP contribution is -2.51. The number of hydrogen-bond acceptors (Lipinski definition) is 3. The first-order valence-corrected chi connectivity index (χ1v) is 9.01. The zero-order valence-electron chi connectivity index (χ0n) is 15.2. The molecule has 0 saturated carbocycles. The predicted molar refractivity (Wildman–Crippen MR) is 101 cm³/mol. The van der Waals surface area contributed by atoms with E-state index in [1.54, 1.807) is 0 Å². The van der Waals surface area contributed by atoms with Gasteiger partial charge in [-0.1, -0.05) is 30.3 Å². The first-order valence-electron chi connectivity index (χ1n) is 9.01. The molecule has 3 heterocycles. The number of hydrogen-bond donors (Lipinski definition) is 0. The van der Waals surface area contributed by atoms with Crippen molar-refractivity contribution in [2.75, 3.05) is 6.61 Å². The van der Waals surface area contributed by atoms with Crippen LogP contribution in [0.25, 0.3) is 10.9 Å². The SMILES string of the molecule is Cn1c2c(c(=O)c3ccccc31)[C@H]1c3ccccc3OC[C@H]1C(C)(C)O2. The van der Waals surface area contributed by atoms with Gasteiger partial charge in [0.15, 0.2) is 5.43 Å². The summed E-state index contributed by atoms with van der Waals surface area (Å²) in [5.74, 6) is 1.60. The van der Waals surface area contributed by atoms with Gasteiger partial charge in [0, 0.05) is 29.8 Å². The minimum atomic E-state index is -0.433. The fourth-order valence-electron chi connectivity index (χ4n) is 4.53. The van der Waals surface area contributed by atoms with E-state index < -0.39 is 5.60 Å². The molecule has 4 nitrogen and oxygen atoms in total. The molecule has 2 atom stereocenters. The van der Waals surface area contributed by atoms with E-state index in [4.69, 9.17) is 9.47 Å². The highest BCUT2D eigenvalue weighted by atomic mass is 16.5. The van der Waals surface area contributed by atoms with Gasteiger partial charge >= 0.3 is 0 Å². The van der Waals surface area contributed by atoms with Crippen LogP contribution >= 0.6 is 0 Å². The Labute approximate surface area is 152 Å². The van der Waals surface area contributed by atoms with Gasteiger partial charge in [0.25, 0.3) is 0 Å². The minimum Gasteiger partial charge on any atom is -0.493 e. The topological polar surface area (TPSA) is 40.5 Å². The van der Waals surface area contributed by atoms with Gasteiger partial charge in [-0.05, 0) is 32.0 Å². The molecular formula is C22H21NO3. The van der Waals surface area contributed by atoms with Gasteiger partial charge in [-0.15, -0.1) is 0 Å². The van der Waals surface area contributed by atoms with Crippen molar-refractivity contribution in [1.29, 1.82) is 0 Å². The fraction of sp³-hybridized carbons (Fsp3) is 0.318. The van der Waals surface area contributed by atoms with Crippen LogP contribution in [0, 0.1) is 5.92 Å². The Morgan fingerprint density at radius 1 is 1.08 bits per heavy atom. The van der Waals surface area contributed by atoms with E-state index in [-0.39, 0.29) is 17.3 Å². The van der Waals surface area contributed by atoms with Gasteiger partial charge in [0.1, 0.15) is 11.4 Å². The van der Waals surface area contributed by atoms with E-state index in [1.807, 2.05) is 54.1 Å². The molecule has 3 aromatic rings. The molecule has 0 fully saturated rings. The summed E-state index contributed by atoms with van der Waals surface area (Å²) in [5.41, 5.74) is 2.36. The number of pyridine rings is 1. The molecule has 4 heteroatoms. The van der Waals surface area contributed by atoms with Crippen LogP contribution in [0.1, 0.15) is 30.9 Å². The Balaban J connectivity index is 1.91. The second-order valence-corrected chi connectivity index (χ2v) is 7.76. The van der Waals surface area contributed by atoms with E-state index in [1.165, 1.54) is 0 Å². The third-order valence-corrected chi connectivity index (χ3v) is 5.93. The lowest BCUT2D eigenvalue weighted by Gasteiger charge is -2.47. The lowest BCUT2D eigenvalue weighted by molar-refractivity contribution is -0.0202. The molecule has 2 aromatic carbocycles. The van der Waals surface area contributed by atoms with Gasteiger partial charge in [-0.25, -0.2) is 0 Å². The van der Waals surface area contributed by atoms with E-state index in [0.717, 1.165) is 27.8 Å². The number of ether oxygens (including phenoxy) is 2. The molecule has 0 unspecified atom stereocenters. The molecular weight excluding hydrogens is 326 g/mol. The second kappa shape index (κ2) is 5.13. The van der Waals surface area contributed by atoms with Gasteiger partial charge < -0.3 is 14.0 Å². The summed E-state index contributed by atoms with van der Waals surface area (Å²) in [5, 5.41) is 0.736. The van der Waals surface area contributed by atoms with Crippen molar-refractivity contribution in [2.45, 2.75) is 25.4 Å². The summed E-state index contributed by atoms with van der Waals surface area (Å²) in [6.07, 6.45) is 0. The third kappa shape index (κ3) is 1.93. The molecule has 2 aliphatic heterocycles. The molecule has 2 aliphatic rings. The fourth-order valence-corrected chi connectivity index (χ4v) is 4.53. The van der Waals surface area contributed by atoms with Crippen molar-refractivity contribution in [3.63, 3.8) is 0 Å². The highest BCUT2D eigenvalue weighted by Gasteiger charge is 2.49. The molecule has 0 spiro atoms. The number of fused-ring (bicyclic) bond motifs is 6. The van der Waals surface area contributed by atoms with Crippen molar-refractivity contribution >= 4 is 10.9 Å². The van der Waals surface area contributed by atoms with Crippen LogP contribution in [-0.2, 0) is 7.05 Å². The van der Waals surface area contributed by atoms with Crippen LogP contribution in [0.5, 0.6) is 11.6 Å². The summed E-state index contributed by atoms with van der Waals surface area (Å²) in [4.78, 5) is 13.5. The summed E-state index contributed by atoms with van der Waals surface area (Å²) in [7, 11) is 1.97. The number of nitrogens with zero attached hydrogens (tertiary/aromatic N) is 1. The standard InChI is InChI=1S/C22H21NO3/c1-22(2)15-12-25-17-11-7-5-9-14(17)18(15)19-20(24)13-8-4-6-10-16(13)23(3)21(19)26-22/h4-11,15,18H,12H2,1-3H3/t15-,18+/m1/s1. The Kier molecular flexibility index (Phi) is 3.06. The normalized spacial score (nSPS) is 22.6. The van der Waals surface area contributed by atoms with Crippen molar-refractivity contribution in [2.24, 2.45) is 13.0 Å². The van der Waals surface area contributed by atoms with Crippen molar-refractivity contribution in [3.8, 4) is 11.6 Å². The second-order valence-electron chi connectivity index (χ2n) is 7.76. The molecule has 1 aromatic heterocycles. The first-order chi connectivity index (χ1) is 12.5. The van der Waals surface area contributed by atoms with Crippen molar-refractivity contribution < 1.29 is 9.47 Å². The highest BCUT2D eigenvalue weighted by Crippen LogP contribution is 2.51. The zero-order valence-corrected chi connectivity index (χ0v) is 15.2. The summed E-state index contributed by atoms with van der Waals surface area (Å²) in [6, 6.07) is 15.8. The molecule has 0 N–H and O–H groups in total. The van der Waals surface area contributed by atoms with Crippen LogP contribution < -0.4 is 14.9 Å². The van der Waals surface area contributed by atoms with Gasteiger partial charge in [-0.3, -0.25) is 4.79 Å². The van der Waals surface area contributed by atoms with Crippen molar-refractivity contribution in [3.05, 3.63) is 69.9 Å². The van der Waals surface area contributed by atoms with E-state index >= 15 is 0 Å². The van der Waals surface area contributed by atoms with Crippen LogP contribution in [0.2, 0.25) is 0 Å². The quantitative estimate of drug-likeness (QED) is 0.620. The number of rotatable bonds is 0. The molecule has 26 heavy (non-hydrogen) atoms. The smallest absolute Gasteiger partial charge is 0.202 e. The monoisotopic (exact) mass is 347 g/mol. The number of benzene rings is 2. The molecule has 5 rings (SSSR count). The van der Waals surface area contributed by atoms with Crippen LogP contribution in [0.15, 0.2) is 53.3 Å². The minimum absolute atomic E-state index is 0.0259. The third-order valence-electron chi connectivity index (χ3n) is 5.93. The Bertz CT molecular complexity index is 1100. The molecule has 0 bridgehead atoms. The maximum atomic E-state index is 13.5.